The van der Waals surface area contributed by atoms with Crippen LogP contribution in [-0.2, 0) is 12.7 Å². The van der Waals surface area contributed by atoms with Crippen molar-refractivity contribution in [3.63, 3.8) is 0 Å². The fraction of sp³-hybridized carbons (Fsp3) is 0.100. The number of benzene rings is 2. The van der Waals surface area contributed by atoms with Crippen LogP contribution < -0.4 is 10.6 Å². The lowest BCUT2D eigenvalue weighted by Gasteiger charge is -2.14. The van der Waals surface area contributed by atoms with E-state index >= 15 is 0 Å². The largest absolute Gasteiger partial charge is 0.418 e. The predicted molar refractivity (Wildman–Crippen MR) is 97.4 cm³/mol. The van der Waals surface area contributed by atoms with E-state index in [1.54, 1.807) is 12.3 Å². The molecule has 0 bridgehead atoms. The Kier molecular flexibility index (Phi) is 5.40. The fourth-order valence-electron chi connectivity index (χ4n) is 2.49. The van der Waals surface area contributed by atoms with Crippen LogP contribution in [0.4, 0.5) is 24.5 Å². The molecule has 0 aliphatic carbocycles. The molecular formula is C20H16F3N3O. The van der Waals surface area contributed by atoms with Crippen LogP contribution in [0.5, 0.6) is 0 Å². The van der Waals surface area contributed by atoms with Crippen molar-refractivity contribution in [3.05, 3.63) is 89.7 Å². The Bertz CT molecular complexity index is 927. The molecule has 3 aromatic rings. The van der Waals surface area contributed by atoms with E-state index in [1.807, 2.05) is 30.3 Å². The molecule has 4 nitrogen and oxygen atoms in total. The molecule has 1 amide bonds. The molecule has 2 aromatic carbocycles. The van der Waals surface area contributed by atoms with Crippen molar-refractivity contribution >= 4 is 17.3 Å². The zero-order chi connectivity index (χ0) is 19.3. The lowest BCUT2D eigenvalue weighted by molar-refractivity contribution is -0.136. The summed E-state index contributed by atoms with van der Waals surface area (Å²) in [6.45, 7) is 0.532. The molecule has 0 unspecified atom stereocenters. The van der Waals surface area contributed by atoms with Crippen molar-refractivity contribution in [1.29, 1.82) is 0 Å². The first-order valence-electron chi connectivity index (χ1n) is 8.14. The normalized spacial score (nSPS) is 11.1. The van der Waals surface area contributed by atoms with Gasteiger partial charge in [0.05, 0.1) is 22.5 Å². The van der Waals surface area contributed by atoms with Crippen LogP contribution in [0.1, 0.15) is 21.5 Å². The van der Waals surface area contributed by atoms with Crippen molar-refractivity contribution in [2.24, 2.45) is 0 Å². The number of hydrogen-bond acceptors (Lipinski definition) is 3. The summed E-state index contributed by atoms with van der Waals surface area (Å²) in [5, 5.41) is 5.44. The number of anilines is 2. The van der Waals surface area contributed by atoms with E-state index in [9.17, 15) is 18.0 Å². The Balaban J connectivity index is 1.73. The summed E-state index contributed by atoms with van der Waals surface area (Å²) >= 11 is 0. The molecular weight excluding hydrogens is 355 g/mol. The van der Waals surface area contributed by atoms with Gasteiger partial charge in [-0.1, -0.05) is 42.5 Å². The van der Waals surface area contributed by atoms with Gasteiger partial charge in [0.1, 0.15) is 0 Å². The molecule has 0 radical (unpaired) electrons. The van der Waals surface area contributed by atoms with E-state index in [1.165, 1.54) is 24.4 Å². The smallest absolute Gasteiger partial charge is 0.380 e. The monoisotopic (exact) mass is 371 g/mol. The summed E-state index contributed by atoms with van der Waals surface area (Å²) in [4.78, 5) is 16.4. The second-order valence-corrected chi connectivity index (χ2v) is 5.80. The molecule has 1 heterocycles. The van der Waals surface area contributed by atoms with Crippen LogP contribution in [0, 0.1) is 0 Å². The molecule has 7 heteroatoms. The number of hydrogen-bond donors (Lipinski definition) is 2. The van der Waals surface area contributed by atoms with Gasteiger partial charge in [-0.15, -0.1) is 0 Å². The lowest BCUT2D eigenvalue weighted by atomic mass is 10.1. The van der Waals surface area contributed by atoms with Crippen molar-refractivity contribution in [2.45, 2.75) is 12.7 Å². The van der Waals surface area contributed by atoms with Crippen molar-refractivity contribution in [1.82, 2.24) is 4.98 Å². The van der Waals surface area contributed by atoms with Gasteiger partial charge in [-0.25, -0.2) is 0 Å². The number of carbonyl (C=O) groups excluding carboxylic acids is 1. The van der Waals surface area contributed by atoms with Gasteiger partial charge in [-0.05, 0) is 23.8 Å². The number of para-hydroxylation sites is 1. The summed E-state index contributed by atoms with van der Waals surface area (Å²) in [6, 6.07) is 16.0. The third kappa shape index (κ3) is 4.84. The number of nitrogens with zero attached hydrogens (tertiary/aromatic N) is 1. The predicted octanol–water partition coefficient (Wildman–Crippen LogP) is 4.96. The average Bonchev–Trinajstić information content (AvgIpc) is 2.67. The number of rotatable bonds is 5. The van der Waals surface area contributed by atoms with E-state index in [-0.39, 0.29) is 11.3 Å². The summed E-state index contributed by atoms with van der Waals surface area (Å²) in [7, 11) is 0. The SMILES string of the molecule is O=C(Nc1ccccc1C(F)(F)F)c1cncc(NCc2ccccc2)c1. The number of halogens is 3. The van der Waals surface area contributed by atoms with Crippen LogP contribution in [0.2, 0.25) is 0 Å². The van der Waals surface area contributed by atoms with E-state index in [4.69, 9.17) is 0 Å². The van der Waals surface area contributed by atoms with Crippen LogP contribution >= 0.6 is 0 Å². The minimum atomic E-state index is -4.55. The molecule has 0 atom stereocenters. The summed E-state index contributed by atoms with van der Waals surface area (Å²) in [5.41, 5.74) is 0.606. The highest BCUT2D eigenvalue weighted by molar-refractivity contribution is 6.05. The van der Waals surface area contributed by atoms with Crippen LogP contribution in [0.3, 0.4) is 0 Å². The number of pyridine rings is 1. The van der Waals surface area contributed by atoms with Gasteiger partial charge in [-0.2, -0.15) is 13.2 Å². The van der Waals surface area contributed by atoms with E-state index in [0.29, 0.717) is 12.2 Å². The third-order valence-electron chi connectivity index (χ3n) is 3.82. The number of carbonyl (C=O) groups is 1. The van der Waals surface area contributed by atoms with Gasteiger partial charge in [0, 0.05) is 18.9 Å². The first-order chi connectivity index (χ1) is 12.9. The second-order valence-electron chi connectivity index (χ2n) is 5.80. The topological polar surface area (TPSA) is 54.0 Å². The van der Waals surface area contributed by atoms with Crippen molar-refractivity contribution < 1.29 is 18.0 Å². The summed E-state index contributed by atoms with van der Waals surface area (Å²) in [6.07, 6.45) is -1.70. The molecule has 138 valence electrons. The molecule has 0 aliphatic rings. The van der Waals surface area contributed by atoms with E-state index in [0.717, 1.165) is 11.6 Å². The number of amides is 1. The van der Waals surface area contributed by atoms with Gasteiger partial charge in [0.25, 0.3) is 5.91 Å². The molecule has 27 heavy (non-hydrogen) atoms. The summed E-state index contributed by atoms with van der Waals surface area (Å²) < 4.78 is 39.2. The van der Waals surface area contributed by atoms with E-state index in [2.05, 4.69) is 15.6 Å². The molecule has 0 saturated carbocycles. The zero-order valence-corrected chi connectivity index (χ0v) is 14.1. The highest BCUT2D eigenvalue weighted by atomic mass is 19.4. The Hall–Kier alpha value is -3.35. The molecule has 3 rings (SSSR count). The minimum Gasteiger partial charge on any atom is -0.380 e. The summed E-state index contributed by atoms with van der Waals surface area (Å²) in [5.74, 6) is -0.664. The molecule has 0 aliphatic heterocycles. The van der Waals surface area contributed by atoms with Gasteiger partial charge < -0.3 is 10.6 Å². The maximum absolute atomic E-state index is 13.1. The molecule has 1 aromatic heterocycles. The lowest BCUT2D eigenvalue weighted by Crippen LogP contribution is -2.17. The fourth-order valence-corrected chi connectivity index (χ4v) is 2.49. The highest BCUT2D eigenvalue weighted by Crippen LogP contribution is 2.34. The van der Waals surface area contributed by atoms with Gasteiger partial charge >= 0.3 is 6.18 Å². The van der Waals surface area contributed by atoms with Crippen molar-refractivity contribution in [3.8, 4) is 0 Å². The van der Waals surface area contributed by atoms with E-state index < -0.39 is 17.6 Å². The maximum atomic E-state index is 13.1. The first-order valence-corrected chi connectivity index (χ1v) is 8.14. The molecule has 0 fully saturated rings. The minimum absolute atomic E-state index is 0.157. The first kappa shape index (κ1) is 18.4. The van der Waals surface area contributed by atoms with Crippen LogP contribution in [-0.4, -0.2) is 10.9 Å². The average molecular weight is 371 g/mol. The molecule has 0 spiro atoms. The van der Waals surface area contributed by atoms with Gasteiger partial charge in [-0.3, -0.25) is 9.78 Å². The van der Waals surface area contributed by atoms with Gasteiger partial charge in [0.2, 0.25) is 0 Å². The Labute approximate surface area is 154 Å². The number of alkyl halides is 3. The molecule has 2 N–H and O–H groups in total. The number of nitrogens with one attached hydrogen (secondary N) is 2. The maximum Gasteiger partial charge on any atom is 0.418 e. The van der Waals surface area contributed by atoms with Crippen LogP contribution in [0.25, 0.3) is 0 Å². The Morgan fingerprint density at radius 2 is 1.67 bits per heavy atom. The van der Waals surface area contributed by atoms with Crippen LogP contribution in [0.15, 0.2) is 73.1 Å². The highest BCUT2D eigenvalue weighted by Gasteiger charge is 2.33. The zero-order valence-electron chi connectivity index (χ0n) is 14.1. The Morgan fingerprint density at radius 1 is 0.963 bits per heavy atom. The van der Waals surface area contributed by atoms with Crippen molar-refractivity contribution in [2.75, 3.05) is 10.6 Å². The van der Waals surface area contributed by atoms with Gasteiger partial charge in [0.15, 0.2) is 0 Å². The second kappa shape index (κ2) is 7.90. The third-order valence-corrected chi connectivity index (χ3v) is 3.82. The standard InChI is InChI=1S/C20H16F3N3O/c21-20(22,23)17-8-4-5-9-18(17)26-19(27)15-10-16(13-24-12-15)25-11-14-6-2-1-3-7-14/h1-10,12-13,25H,11H2,(H,26,27). The quantitative estimate of drug-likeness (QED) is 0.666. The molecule has 0 saturated heterocycles. The number of aromatic nitrogens is 1. The Morgan fingerprint density at radius 3 is 2.41 bits per heavy atom.